The molecule has 2 aromatic carbocycles. The molecule has 0 radical (unpaired) electrons. The van der Waals surface area contributed by atoms with Gasteiger partial charge in [0, 0.05) is 20.3 Å². The van der Waals surface area contributed by atoms with Crippen molar-refractivity contribution in [2.75, 3.05) is 0 Å². The molecule has 0 saturated heterocycles. The second-order valence-electron chi connectivity index (χ2n) is 4.86. The molecule has 0 N–H and O–H groups in total. The molecule has 0 atom stereocenters. The molecule has 0 spiro atoms. The molecule has 0 aliphatic carbocycles. The molecule has 0 aliphatic rings. The van der Waals surface area contributed by atoms with Crippen LogP contribution in [0.5, 0.6) is 0 Å². The summed E-state index contributed by atoms with van der Waals surface area (Å²) in [4.78, 5) is 12.4. The first-order chi connectivity index (χ1) is 9.65. The molecule has 0 saturated carbocycles. The van der Waals surface area contributed by atoms with Crippen LogP contribution in [-0.2, 0) is 6.54 Å². The number of hydrogen-bond acceptors (Lipinski definition) is 1. The van der Waals surface area contributed by atoms with Gasteiger partial charge in [-0.25, -0.2) is 0 Å². The van der Waals surface area contributed by atoms with Crippen molar-refractivity contribution in [3.63, 3.8) is 0 Å². The Morgan fingerprint density at radius 1 is 1.10 bits per heavy atom. The second kappa shape index (κ2) is 5.40. The van der Waals surface area contributed by atoms with Gasteiger partial charge in [0.05, 0.1) is 6.54 Å². The molecular weight excluding hydrogens is 361 g/mol. The average Bonchev–Trinajstić information content (AvgIpc) is 2.76. The highest BCUT2D eigenvalue weighted by Crippen LogP contribution is 2.20. The maximum atomic E-state index is 12.4. The fraction of sp³-hybridized carbons (Fsp3) is 0.118. The molecule has 3 rings (SSSR count). The van der Waals surface area contributed by atoms with Crippen molar-refractivity contribution >= 4 is 39.3 Å². The largest absolute Gasteiger partial charge is 0.337 e. The minimum atomic E-state index is 0.144. The Kier molecular flexibility index (Phi) is 3.61. The normalized spacial score (nSPS) is 10.9. The van der Waals surface area contributed by atoms with Gasteiger partial charge in [0.2, 0.25) is 0 Å². The van der Waals surface area contributed by atoms with Crippen molar-refractivity contribution in [1.29, 1.82) is 0 Å². The molecule has 0 bridgehead atoms. The van der Waals surface area contributed by atoms with Crippen LogP contribution in [0.1, 0.15) is 16.1 Å². The second-order valence-corrected chi connectivity index (χ2v) is 6.11. The molecule has 3 aromatic rings. The van der Waals surface area contributed by atoms with Gasteiger partial charge in [0.25, 0.3) is 0 Å². The van der Waals surface area contributed by atoms with Crippen LogP contribution in [0.3, 0.4) is 0 Å². The van der Waals surface area contributed by atoms with Crippen LogP contribution in [0.25, 0.3) is 10.9 Å². The van der Waals surface area contributed by atoms with Crippen molar-refractivity contribution in [1.82, 2.24) is 4.57 Å². The highest BCUT2D eigenvalue weighted by atomic mass is 127. The predicted octanol–water partition coefficient (Wildman–Crippen LogP) is 4.44. The Hall–Kier alpha value is -1.62. The number of nitrogens with zero attached hydrogens (tertiary/aromatic N) is 1. The number of fused-ring (bicyclic) bond motifs is 1. The molecule has 1 aromatic heterocycles. The Morgan fingerprint density at radius 2 is 1.80 bits per heavy atom. The van der Waals surface area contributed by atoms with E-state index in [-0.39, 0.29) is 5.78 Å². The maximum Gasteiger partial charge on any atom is 0.182 e. The minimum absolute atomic E-state index is 0.144. The molecule has 0 unspecified atom stereocenters. The van der Waals surface area contributed by atoms with E-state index in [0.29, 0.717) is 6.54 Å². The Morgan fingerprint density at radius 3 is 2.55 bits per heavy atom. The van der Waals surface area contributed by atoms with E-state index in [1.807, 2.05) is 43.3 Å². The third-order valence-corrected chi connectivity index (χ3v) is 4.20. The summed E-state index contributed by atoms with van der Waals surface area (Å²) in [5, 5.41) is 1.18. The number of rotatable bonds is 3. The number of carbonyl (C=O) groups excluding carboxylic acids is 1. The van der Waals surface area contributed by atoms with Gasteiger partial charge in [-0.3, -0.25) is 4.79 Å². The lowest BCUT2D eigenvalue weighted by Gasteiger charge is -2.07. The third kappa shape index (κ3) is 2.50. The van der Waals surface area contributed by atoms with E-state index < -0.39 is 0 Å². The van der Waals surface area contributed by atoms with Crippen LogP contribution in [0, 0.1) is 10.5 Å². The summed E-state index contributed by atoms with van der Waals surface area (Å²) < 4.78 is 3.22. The Labute approximate surface area is 131 Å². The lowest BCUT2D eigenvalue weighted by Crippen LogP contribution is -2.11. The number of halogens is 1. The summed E-state index contributed by atoms with van der Waals surface area (Å²) in [6.07, 6.45) is 0. The standard InChI is InChI=1S/C17H14INO/c1-12-10-14-4-2-3-5-16(14)19(12)11-17(20)13-6-8-15(18)9-7-13/h2-10H,11H2,1H3. The first-order valence-corrected chi connectivity index (χ1v) is 7.56. The van der Waals surface area contributed by atoms with E-state index in [1.54, 1.807) is 0 Å². The topological polar surface area (TPSA) is 22.0 Å². The average molecular weight is 375 g/mol. The van der Waals surface area contributed by atoms with Crippen LogP contribution in [0.15, 0.2) is 54.6 Å². The summed E-state index contributed by atoms with van der Waals surface area (Å²) in [7, 11) is 0. The van der Waals surface area contributed by atoms with Crippen molar-refractivity contribution in [2.45, 2.75) is 13.5 Å². The number of hydrogen-bond donors (Lipinski definition) is 0. The van der Waals surface area contributed by atoms with Gasteiger partial charge in [0.15, 0.2) is 5.78 Å². The molecule has 1 heterocycles. The predicted molar refractivity (Wildman–Crippen MR) is 90.2 cm³/mol. The SMILES string of the molecule is Cc1cc2ccccc2n1CC(=O)c1ccc(I)cc1. The zero-order valence-electron chi connectivity index (χ0n) is 11.1. The molecule has 20 heavy (non-hydrogen) atoms. The number of benzene rings is 2. The van der Waals surface area contributed by atoms with Crippen LogP contribution < -0.4 is 0 Å². The van der Waals surface area contributed by atoms with E-state index in [1.165, 1.54) is 5.39 Å². The quantitative estimate of drug-likeness (QED) is 0.490. The summed E-state index contributed by atoms with van der Waals surface area (Å²) >= 11 is 2.24. The van der Waals surface area contributed by atoms with Crippen molar-refractivity contribution in [3.8, 4) is 0 Å². The van der Waals surface area contributed by atoms with Gasteiger partial charge in [-0.1, -0.05) is 30.3 Å². The number of carbonyl (C=O) groups is 1. The van der Waals surface area contributed by atoms with Crippen LogP contribution in [-0.4, -0.2) is 10.4 Å². The van der Waals surface area contributed by atoms with Crippen molar-refractivity contribution < 1.29 is 4.79 Å². The van der Waals surface area contributed by atoms with E-state index in [4.69, 9.17) is 0 Å². The summed E-state index contributed by atoms with van der Waals surface area (Å²) in [6.45, 7) is 2.43. The summed E-state index contributed by atoms with van der Waals surface area (Å²) in [6, 6.07) is 18.0. The monoisotopic (exact) mass is 375 g/mol. The van der Waals surface area contributed by atoms with Gasteiger partial charge in [-0.2, -0.15) is 0 Å². The Bertz CT molecular complexity index is 771. The van der Waals surface area contributed by atoms with Crippen molar-refractivity contribution in [3.05, 3.63) is 69.4 Å². The summed E-state index contributed by atoms with van der Waals surface area (Å²) in [5.74, 6) is 0.144. The number of aryl methyl sites for hydroxylation is 1. The van der Waals surface area contributed by atoms with Gasteiger partial charge in [-0.05, 0) is 59.2 Å². The lowest BCUT2D eigenvalue weighted by atomic mass is 10.1. The first kappa shape index (κ1) is 13.4. The van der Waals surface area contributed by atoms with Crippen molar-refractivity contribution in [2.24, 2.45) is 0 Å². The molecule has 0 amide bonds. The van der Waals surface area contributed by atoms with E-state index in [0.717, 1.165) is 20.3 Å². The minimum Gasteiger partial charge on any atom is -0.337 e. The lowest BCUT2D eigenvalue weighted by molar-refractivity contribution is 0.0973. The molecule has 0 fully saturated rings. The first-order valence-electron chi connectivity index (χ1n) is 6.49. The molecule has 100 valence electrons. The van der Waals surface area contributed by atoms with E-state index in [9.17, 15) is 4.79 Å². The summed E-state index contributed by atoms with van der Waals surface area (Å²) in [5.41, 5.74) is 3.00. The fourth-order valence-corrected chi connectivity index (χ4v) is 2.79. The highest BCUT2D eigenvalue weighted by molar-refractivity contribution is 14.1. The maximum absolute atomic E-state index is 12.4. The zero-order valence-corrected chi connectivity index (χ0v) is 13.3. The van der Waals surface area contributed by atoms with Gasteiger partial charge in [0.1, 0.15) is 0 Å². The van der Waals surface area contributed by atoms with Gasteiger partial charge in [-0.15, -0.1) is 0 Å². The van der Waals surface area contributed by atoms with Gasteiger partial charge >= 0.3 is 0 Å². The van der Waals surface area contributed by atoms with E-state index in [2.05, 4.69) is 45.4 Å². The molecule has 2 nitrogen and oxygen atoms in total. The van der Waals surface area contributed by atoms with Crippen LogP contribution in [0.2, 0.25) is 0 Å². The molecule has 3 heteroatoms. The smallest absolute Gasteiger partial charge is 0.182 e. The zero-order chi connectivity index (χ0) is 14.1. The van der Waals surface area contributed by atoms with Crippen LogP contribution in [0.4, 0.5) is 0 Å². The number of aromatic nitrogens is 1. The van der Waals surface area contributed by atoms with E-state index >= 15 is 0 Å². The van der Waals surface area contributed by atoms with Crippen LogP contribution >= 0.6 is 22.6 Å². The number of Topliss-reactive ketones (excluding diaryl/α,β-unsaturated/α-hetero) is 1. The molecule has 0 aliphatic heterocycles. The number of para-hydroxylation sites is 1. The highest BCUT2D eigenvalue weighted by Gasteiger charge is 2.11. The molecular formula is C17H14INO. The Balaban J connectivity index is 1.95. The number of ketones is 1. The third-order valence-electron chi connectivity index (χ3n) is 3.49. The van der Waals surface area contributed by atoms with Gasteiger partial charge < -0.3 is 4.57 Å². The fourth-order valence-electron chi connectivity index (χ4n) is 2.43.